The molecule has 0 aliphatic rings. The number of hydrogen-bond acceptors (Lipinski definition) is 3. The second kappa shape index (κ2) is 10.3. The zero-order valence-corrected chi connectivity index (χ0v) is 15.3. The van der Waals surface area contributed by atoms with Crippen LogP contribution in [0.15, 0.2) is 48.5 Å². The van der Waals surface area contributed by atoms with Crippen LogP contribution in [0.5, 0.6) is 11.5 Å². The number of hydrogen-bond donors (Lipinski definition) is 1. The SMILES string of the molecule is CCOc1cc([C@H](N)CCC(F)(F)F)ccc1OCc1ccccc1.Cl. The van der Waals surface area contributed by atoms with Crippen LogP contribution in [0.2, 0.25) is 0 Å². The van der Waals surface area contributed by atoms with Crippen molar-refractivity contribution in [2.75, 3.05) is 6.61 Å². The molecule has 7 heteroatoms. The Kier molecular flexibility index (Phi) is 8.75. The fourth-order valence-corrected chi connectivity index (χ4v) is 2.36. The van der Waals surface area contributed by atoms with E-state index in [1.54, 1.807) is 18.2 Å². The minimum Gasteiger partial charge on any atom is -0.490 e. The third-order valence-corrected chi connectivity index (χ3v) is 3.67. The van der Waals surface area contributed by atoms with Crippen molar-refractivity contribution in [2.45, 2.75) is 38.6 Å². The molecule has 0 fully saturated rings. The third-order valence-electron chi connectivity index (χ3n) is 3.67. The minimum absolute atomic E-state index is 0. The molecule has 0 aliphatic heterocycles. The average Bonchev–Trinajstić information content (AvgIpc) is 2.59. The first-order valence-corrected chi connectivity index (χ1v) is 8.15. The Balaban J connectivity index is 0.00000338. The van der Waals surface area contributed by atoms with Gasteiger partial charge in [-0.2, -0.15) is 13.2 Å². The average molecular weight is 390 g/mol. The number of rotatable bonds is 8. The van der Waals surface area contributed by atoms with E-state index in [2.05, 4.69) is 0 Å². The van der Waals surface area contributed by atoms with Crippen LogP contribution in [0.3, 0.4) is 0 Å². The number of nitrogens with two attached hydrogens (primary N) is 1. The Hall–Kier alpha value is -1.92. The molecule has 144 valence electrons. The normalized spacial score (nSPS) is 12.2. The third kappa shape index (κ3) is 7.14. The molecule has 2 N–H and O–H groups in total. The molecule has 0 aromatic heterocycles. The summed E-state index contributed by atoms with van der Waals surface area (Å²) in [5.41, 5.74) is 7.49. The van der Waals surface area contributed by atoms with E-state index in [0.717, 1.165) is 5.56 Å². The van der Waals surface area contributed by atoms with Gasteiger partial charge in [0.25, 0.3) is 0 Å². The zero-order valence-electron chi connectivity index (χ0n) is 14.5. The fraction of sp³-hybridized carbons (Fsp3) is 0.368. The van der Waals surface area contributed by atoms with Gasteiger partial charge >= 0.3 is 6.18 Å². The second-order valence-electron chi connectivity index (χ2n) is 5.67. The summed E-state index contributed by atoms with van der Waals surface area (Å²) in [6, 6.07) is 14.0. The molecule has 0 unspecified atom stereocenters. The Morgan fingerprint density at radius 2 is 1.69 bits per heavy atom. The summed E-state index contributed by atoms with van der Waals surface area (Å²) in [7, 11) is 0. The molecule has 0 aliphatic carbocycles. The van der Waals surface area contributed by atoms with Gasteiger partial charge in [0.05, 0.1) is 6.61 Å². The molecule has 0 heterocycles. The van der Waals surface area contributed by atoms with Crippen LogP contribution in [0.25, 0.3) is 0 Å². The second-order valence-corrected chi connectivity index (χ2v) is 5.67. The maximum Gasteiger partial charge on any atom is 0.389 e. The summed E-state index contributed by atoms with van der Waals surface area (Å²) in [5, 5.41) is 0. The monoisotopic (exact) mass is 389 g/mol. The molecular formula is C19H23ClF3NO2. The van der Waals surface area contributed by atoms with Crippen molar-refractivity contribution in [3.63, 3.8) is 0 Å². The van der Waals surface area contributed by atoms with Crippen molar-refractivity contribution in [3.05, 3.63) is 59.7 Å². The van der Waals surface area contributed by atoms with Crippen molar-refractivity contribution in [1.82, 2.24) is 0 Å². The van der Waals surface area contributed by atoms with Crippen molar-refractivity contribution in [2.24, 2.45) is 5.73 Å². The van der Waals surface area contributed by atoms with Crippen LogP contribution in [0.4, 0.5) is 13.2 Å². The molecule has 26 heavy (non-hydrogen) atoms. The van der Waals surface area contributed by atoms with E-state index in [4.69, 9.17) is 15.2 Å². The van der Waals surface area contributed by atoms with E-state index in [0.29, 0.717) is 30.3 Å². The quantitative estimate of drug-likeness (QED) is 0.654. The molecule has 0 saturated carbocycles. The van der Waals surface area contributed by atoms with E-state index >= 15 is 0 Å². The molecule has 1 atom stereocenters. The van der Waals surface area contributed by atoms with Crippen LogP contribution < -0.4 is 15.2 Å². The number of alkyl halides is 3. The molecular weight excluding hydrogens is 367 g/mol. The highest BCUT2D eigenvalue weighted by atomic mass is 35.5. The molecule has 0 bridgehead atoms. The number of halogens is 4. The van der Waals surface area contributed by atoms with Gasteiger partial charge in [-0.1, -0.05) is 36.4 Å². The summed E-state index contributed by atoms with van der Waals surface area (Å²) >= 11 is 0. The molecule has 0 saturated heterocycles. The summed E-state index contributed by atoms with van der Waals surface area (Å²) in [4.78, 5) is 0. The Labute approximate surface area is 157 Å². The first-order valence-electron chi connectivity index (χ1n) is 8.15. The summed E-state index contributed by atoms with van der Waals surface area (Å²) < 4.78 is 48.4. The van der Waals surface area contributed by atoms with Crippen molar-refractivity contribution >= 4 is 12.4 Å². The Morgan fingerprint density at radius 3 is 2.31 bits per heavy atom. The first-order chi connectivity index (χ1) is 11.9. The lowest BCUT2D eigenvalue weighted by atomic mass is 10.0. The van der Waals surface area contributed by atoms with E-state index in [1.165, 1.54) is 0 Å². The number of benzene rings is 2. The largest absolute Gasteiger partial charge is 0.490 e. The lowest BCUT2D eigenvalue weighted by molar-refractivity contribution is -0.136. The zero-order chi connectivity index (χ0) is 18.3. The molecule has 2 rings (SSSR count). The van der Waals surface area contributed by atoms with Crippen LogP contribution in [-0.2, 0) is 6.61 Å². The lowest BCUT2D eigenvalue weighted by Crippen LogP contribution is -2.16. The van der Waals surface area contributed by atoms with Crippen LogP contribution in [-0.4, -0.2) is 12.8 Å². The lowest BCUT2D eigenvalue weighted by Gasteiger charge is -2.17. The standard InChI is InChI=1S/C19H22F3NO2.ClH/c1-2-24-18-12-15(16(23)10-11-19(20,21)22)8-9-17(18)25-13-14-6-4-3-5-7-14;/h3-9,12,16H,2,10-11,13,23H2,1H3;1H/t16-;/m1./s1. The molecule has 2 aromatic carbocycles. The Morgan fingerprint density at radius 1 is 1.00 bits per heavy atom. The van der Waals surface area contributed by atoms with Crippen molar-refractivity contribution in [1.29, 1.82) is 0 Å². The fourth-order valence-electron chi connectivity index (χ4n) is 2.36. The van der Waals surface area contributed by atoms with E-state index in [9.17, 15) is 13.2 Å². The molecule has 2 aromatic rings. The van der Waals surface area contributed by atoms with E-state index in [1.807, 2.05) is 37.3 Å². The van der Waals surface area contributed by atoms with Crippen molar-refractivity contribution < 1.29 is 22.6 Å². The van der Waals surface area contributed by atoms with Gasteiger partial charge in [0.2, 0.25) is 0 Å². The molecule has 0 amide bonds. The molecule has 3 nitrogen and oxygen atoms in total. The van der Waals surface area contributed by atoms with E-state index < -0.39 is 18.6 Å². The van der Waals surface area contributed by atoms with Gasteiger partial charge < -0.3 is 15.2 Å². The highest BCUT2D eigenvalue weighted by Crippen LogP contribution is 2.33. The summed E-state index contributed by atoms with van der Waals surface area (Å²) in [5.74, 6) is 1.02. The van der Waals surface area contributed by atoms with Gasteiger partial charge in [-0.15, -0.1) is 12.4 Å². The molecule has 0 radical (unpaired) electrons. The number of ether oxygens (including phenoxy) is 2. The molecule has 0 spiro atoms. The maximum atomic E-state index is 12.4. The predicted octanol–water partition coefficient (Wildman–Crippen LogP) is 5.43. The maximum absolute atomic E-state index is 12.4. The van der Waals surface area contributed by atoms with Gasteiger partial charge in [0, 0.05) is 12.5 Å². The summed E-state index contributed by atoms with van der Waals surface area (Å²) in [6.07, 6.45) is -5.29. The van der Waals surface area contributed by atoms with Crippen LogP contribution in [0, 0.1) is 0 Å². The Bertz CT molecular complexity index is 666. The first kappa shape index (κ1) is 22.1. The topological polar surface area (TPSA) is 44.5 Å². The van der Waals surface area contributed by atoms with Crippen LogP contribution in [0.1, 0.15) is 36.9 Å². The van der Waals surface area contributed by atoms with Gasteiger partial charge in [-0.3, -0.25) is 0 Å². The van der Waals surface area contributed by atoms with Gasteiger partial charge in [-0.05, 0) is 36.6 Å². The van der Waals surface area contributed by atoms with Crippen LogP contribution >= 0.6 is 12.4 Å². The highest BCUT2D eigenvalue weighted by molar-refractivity contribution is 5.85. The minimum atomic E-state index is -4.21. The smallest absolute Gasteiger partial charge is 0.389 e. The van der Waals surface area contributed by atoms with Gasteiger partial charge in [0.15, 0.2) is 11.5 Å². The van der Waals surface area contributed by atoms with E-state index in [-0.39, 0.29) is 18.8 Å². The summed E-state index contributed by atoms with van der Waals surface area (Å²) in [6.45, 7) is 2.63. The highest BCUT2D eigenvalue weighted by Gasteiger charge is 2.28. The van der Waals surface area contributed by atoms with Gasteiger partial charge in [0.1, 0.15) is 6.61 Å². The van der Waals surface area contributed by atoms with Gasteiger partial charge in [-0.25, -0.2) is 0 Å². The van der Waals surface area contributed by atoms with Crippen molar-refractivity contribution in [3.8, 4) is 11.5 Å². The predicted molar refractivity (Wildman–Crippen MR) is 97.9 cm³/mol.